The number of aromatic nitrogens is 2. The highest BCUT2D eigenvalue weighted by molar-refractivity contribution is 5.96. The fraction of sp³-hybridized carbons (Fsp3) is 0.636. The Morgan fingerprint density at radius 3 is 2.47 bits per heavy atom. The third-order valence-corrected chi connectivity index (χ3v) is 2.33. The van der Waals surface area contributed by atoms with Crippen LogP contribution in [-0.4, -0.2) is 34.6 Å². The van der Waals surface area contributed by atoms with Crippen molar-refractivity contribution in [3.05, 3.63) is 17.0 Å². The molecule has 84 valence electrons. The van der Waals surface area contributed by atoms with E-state index in [1.54, 1.807) is 4.90 Å². The number of rotatable bonds is 3. The fourth-order valence-corrected chi connectivity index (χ4v) is 1.69. The molecule has 0 saturated carbocycles. The van der Waals surface area contributed by atoms with E-state index in [0.29, 0.717) is 11.5 Å². The smallest absolute Gasteiger partial charge is 0.257 e. The Morgan fingerprint density at radius 1 is 1.47 bits per heavy atom. The molecule has 0 aliphatic heterocycles. The predicted octanol–water partition coefficient (Wildman–Crippen LogP) is 1.75. The molecular formula is C11H19N3O. The van der Waals surface area contributed by atoms with E-state index in [9.17, 15) is 4.79 Å². The number of amides is 1. The lowest BCUT2D eigenvalue weighted by Crippen LogP contribution is -2.30. The summed E-state index contributed by atoms with van der Waals surface area (Å²) in [6.07, 6.45) is 0. The van der Waals surface area contributed by atoms with Crippen LogP contribution in [-0.2, 0) is 0 Å². The van der Waals surface area contributed by atoms with Gasteiger partial charge in [-0.2, -0.15) is 5.10 Å². The summed E-state index contributed by atoms with van der Waals surface area (Å²) in [5.74, 6) is 0.527. The number of carbonyl (C=O) groups excluding carboxylic acids is 1. The van der Waals surface area contributed by atoms with Crippen LogP contribution in [0.25, 0.3) is 0 Å². The van der Waals surface area contributed by atoms with Crippen molar-refractivity contribution >= 4 is 5.91 Å². The van der Waals surface area contributed by atoms with E-state index in [1.165, 1.54) is 0 Å². The summed E-state index contributed by atoms with van der Waals surface area (Å²) in [5.41, 5.74) is 2.32. The monoisotopic (exact) mass is 209 g/mol. The molecule has 0 aliphatic carbocycles. The highest BCUT2D eigenvalue weighted by atomic mass is 16.2. The molecule has 0 spiro atoms. The molecule has 1 heterocycles. The zero-order valence-corrected chi connectivity index (χ0v) is 10.1. The van der Waals surface area contributed by atoms with Crippen molar-refractivity contribution in [2.75, 3.05) is 13.6 Å². The predicted molar refractivity (Wildman–Crippen MR) is 59.9 cm³/mol. The van der Waals surface area contributed by atoms with E-state index >= 15 is 0 Å². The van der Waals surface area contributed by atoms with Crippen LogP contribution in [0, 0.1) is 19.8 Å². The molecule has 4 heteroatoms. The maximum absolute atomic E-state index is 12.0. The maximum atomic E-state index is 12.0. The lowest BCUT2D eigenvalue weighted by atomic mass is 10.1. The summed E-state index contributed by atoms with van der Waals surface area (Å²) in [4.78, 5) is 13.8. The summed E-state index contributed by atoms with van der Waals surface area (Å²) in [6, 6.07) is 0. The molecule has 1 rings (SSSR count). The van der Waals surface area contributed by atoms with Gasteiger partial charge in [0.05, 0.1) is 11.3 Å². The molecular weight excluding hydrogens is 190 g/mol. The van der Waals surface area contributed by atoms with Crippen LogP contribution in [0.2, 0.25) is 0 Å². The number of carbonyl (C=O) groups is 1. The fourth-order valence-electron chi connectivity index (χ4n) is 1.69. The molecule has 0 unspecified atom stereocenters. The second kappa shape index (κ2) is 4.47. The summed E-state index contributed by atoms with van der Waals surface area (Å²) in [5, 5.41) is 6.85. The average Bonchev–Trinajstić information content (AvgIpc) is 2.44. The first-order valence-corrected chi connectivity index (χ1v) is 5.20. The van der Waals surface area contributed by atoms with E-state index in [-0.39, 0.29) is 5.91 Å². The summed E-state index contributed by atoms with van der Waals surface area (Å²) >= 11 is 0. The molecule has 0 bridgehead atoms. The molecule has 0 radical (unpaired) electrons. The van der Waals surface area contributed by atoms with Gasteiger partial charge in [-0.25, -0.2) is 0 Å². The van der Waals surface area contributed by atoms with Crippen molar-refractivity contribution in [1.29, 1.82) is 0 Å². The van der Waals surface area contributed by atoms with Crippen molar-refractivity contribution in [1.82, 2.24) is 15.1 Å². The Hall–Kier alpha value is -1.32. The van der Waals surface area contributed by atoms with E-state index in [0.717, 1.165) is 17.9 Å². The Labute approximate surface area is 90.7 Å². The minimum absolute atomic E-state index is 0.0486. The Morgan fingerprint density at radius 2 is 2.07 bits per heavy atom. The number of hydrogen-bond acceptors (Lipinski definition) is 2. The zero-order valence-electron chi connectivity index (χ0n) is 10.1. The molecule has 0 atom stereocenters. The minimum Gasteiger partial charge on any atom is -0.341 e. The van der Waals surface area contributed by atoms with Gasteiger partial charge in [0.25, 0.3) is 5.91 Å². The maximum Gasteiger partial charge on any atom is 0.257 e. The molecule has 1 aromatic heterocycles. The molecule has 0 saturated heterocycles. The number of H-pyrrole nitrogens is 1. The van der Waals surface area contributed by atoms with E-state index in [4.69, 9.17) is 0 Å². The van der Waals surface area contributed by atoms with Crippen LogP contribution in [0.3, 0.4) is 0 Å². The van der Waals surface area contributed by atoms with Gasteiger partial charge >= 0.3 is 0 Å². The van der Waals surface area contributed by atoms with Gasteiger partial charge < -0.3 is 4.90 Å². The standard InChI is InChI=1S/C11H19N3O/c1-7(2)6-14(5)11(15)10-8(3)12-13-9(10)4/h7H,6H2,1-5H3,(H,12,13). The highest BCUT2D eigenvalue weighted by Crippen LogP contribution is 2.12. The van der Waals surface area contributed by atoms with Crippen LogP contribution < -0.4 is 0 Å². The molecule has 0 aliphatic rings. The van der Waals surface area contributed by atoms with Gasteiger partial charge in [-0.15, -0.1) is 0 Å². The molecule has 0 aromatic carbocycles. The summed E-state index contributed by atoms with van der Waals surface area (Å²) in [6.45, 7) is 8.68. The second-order valence-electron chi connectivity index (χ2n) is 4.39. The third-order valence-electron chi connectivity index (χ3n) is 2.33. The number of aromatic amines is 1. The highest BCUT2D eigenvalue weighted by Gasteiger charge is 2.19. The van der Waals surface area contributed by atoms with Gasteiger partial charge in [0.1, 0.15) is 0 Å². The van der Waals surface area contributed by atoms with Crippen molar-refractivity contribution in [3.63, 3.8) is 0 Å². The van der Waals surface area contributed by atoms with Crippen LogP contribution in [0.15, 0.2) is 0 Å². The topological polar surface area (TPSA) is 49.0 Å². The molecule has 1 aromatic rings. The third kappa shape index (κ3) is 2.58. The SMILES string of the molecule is Cc1n[nH]c(C)c1C(=O)N(C)CC(C)C. The van der Waals surface area contributed by atoms with Gasteiger partial charge in [-0.3, -0.25) is 9.89 Å². The van der Waals surface area contributed by atoms with Crippen molar-refractivity contribution in [3.8, 4) is 0 Å². The van der Waals surface area contributed by atoms with Crippen molar-refractivity contribution < 1.29 is 4.79 Å². The number of aryl methyl sites for hydroxylation is 2. The second-order valence-corrected chi connectivity index (χ2v) is 4.39. The lowest BCUT2D eigenvalue weighted by Gasteiger charge is -2.19. The number of nitrogens with one attached hydrogen (secondary N) is 1. The summed E-state index contributed by atoms with van der Waals surface area (Å²) < 4.78 is 0. The largest absolute Gasteiger partial charge is 0.341 e. The van der Waals surface area contributed by atoms with Gasteiger partial charge in [0.15, 0.2) is 0 Å². The molecule has 1 amide bonds. The molecule has 4 nitrogen and oxygen atoms in total. The summed E-state index contributed by atoms with van der Waals surface area (Å²) in [7, 11) is 1.83. The van der Waals surface area contributed by atoms with E-state index < -0.39 is 0 Å². The van der Waals surface area contributed by atoms with Crippen molar-refractivity contribution in [2.24, 2.45) is 5.92 Å². The van der Waals surface area contributed by atoms with Gasteiger partial charge in [0, 0.05) is 19.3 Å². The molecule has 0 fully saturated rings. The molecule has 15 heavy (non-hydrogen) atoms. The van der Waals surface area contributed by atoms with Crippen LogP contribution in [0.5, 0.6) is 0 Å². The Balaban J connectivity index is 2.85. The number of nitrogens with zero attached hydrogens (tertiary/aromatic N) is 2. The average molecular weight is 209 g/mol. The lowest BCUT2D eigenvalue weighted by molar-refractivity contribution is 0.0778. The first-order chi connectivity index (χ1) is 6.93. The molecule has 1 N–H and O–H groups in total. The van der Waals surface area contributed by atoms with Crippen LogP contribution in [0.1, 0.15) is 35.6 Å². The van der Waals surface area contributed by atoms with Gasteiger partial charge in [-0.1, -0.05) is 13.8 Å². The van der Waals surface area contributed by atoms with Crippen LogP contribution >= 0.6 is 0 Å². The zero-order chi connectivity index (χ0) is 11.6. The van der Waals surface area contributed by atoms with E-state index in [2.05, 4.69) is 24.0 Å². The first-order valence-electron chi connectivity index (χ1n) is 5.20. The first kappa shape index (κ1) is 11.8. The van der Waals surface area contributed by atoms with Gasteiger partial charge in [-0.05, 0) is 19.8 Å². The Bertz CT molecular complexity index is 335. The minimum atomic E-state index is 0.0486. The van der Waals surface area contributed by atoms with Gasteiger partial charge in [0.2, 0.25) is 0 Å². The van der Waals surface area contributed by atoms with Crippen molar-refractivity contribution in [2.45, 2.75) is 27.7 Å². The number of hydrogen-bond donors (Lipinski definition) is 1. The Kier molecular flexibility index (Phi) is 3.50. The quantitative estimate of drug-likeness (QED) is 0.824. The van der Waals surface area contributed by atoms with E-state index in [1.807, 2.05) is 20.9 Å². The van der Waals surface area contributed by atoms with Crippen LogP contribution in [0.4, 0.5) is 0 Å². The normalized spacial score (nSPS) is 10.8.